The number of nitrogens with zero attached hydrogens (tertiary/aromatic N) is 4. The first-order valence-corrected chi connectivity index (χ1v) is 8.88. The quantitative estimate of drug-likeness (QED) is 0.905. The number of nitrogens with one attached hydrogen (secondary N) is 1. The summed E-state index contributed by atoms with van der Waals surface area (Å²) in [6, 6.07) is 10.7. The molecule has 1 saturated heterocycles. The standard InChI is InChI=1S/C19H27N5O/c1-4-24-12-17(15(2)21-24)20-19(25)14-23-11-10-22(3)13-18(23)16-8-6-5-7-9-16/h5-9,12,18H,4,10-11,13-14H2,1-3H3,(H,20,25)/t18-/m0/s1. The smallest absolute Gasteiger partial charge is 0.238 e. The van der Waals surface area contributed by atoms with Crippen LogP contribution < -0.4 is 5.32 Å². The summed E-state index contributed by atoms with van der Waals surface area (Å²) in [6.07, 6.45) is 1.89. The van der Waals surface area contributed by atoms with Crippen LogP contribution >= 0.6 is 0 Å². The molecule has 3 rings (SSSR count). The van der Waals surface area contributed by atoms with Crippen molar-refractivity contribution in [3.63, 3.8) is 0 Å². The van der Waals surface area contributed by atoms with E-state index in [4.69, 9.17) is 0 Å². The number of piperazine rings is 1. The van der Waals surface area contributed by atoms with Crippen LogP contribution in [0.1, 0.15) is 24.2 Å². The number of rotatable bonds is 5. The Bertz CT molecular complexity index is 712. The molecular formula is C19H27N5O. The van der Waals surface area contributed by atoms with Crippen molar-refractivity contribution in [2.45, 2.75) is 26.4 Å². The summed E-state index contributed by atoms with van der Waals surface area (Å²) in [6.45, 7) is 7.94. The number of hydrogen-bond acceptors (Lipinski definition) is 4. The lowest BCUT2D eigenvalue weighted by Gasteiger charge is -2.39. The van der Waals surface area contributed by atoms with Gasteiger partial charge in [0.05, 0.1) is 17.9 Å². The monoisotopic (exact) mass is 341 g/mol. The molecule has 1 N–H and O–H groups in total. The topological polar surface area (TPSA) is 53.4 Å². The minimum absolute atomic E-state index is 0.0178. The van der Waals surface area contributed by atoms with Crippen molar-refractivity contribution in [3.05, 3.63) is 47.8 Å². The lowest BCUT2D eigenvalue weighted by molar-refractivity contribution is -0.118. The second-order valence-corrected chi connectivity index (χ2v) is 6.69. The molecule has 2 aromatic rings. The molecule has 0 unspecified atom stereocenters. The molecule has 6 heteroatoms. The van der Waals surface area contributed by atoms with Crippen molar-refractivity contribution >= 4 is 11.6 Å². The van der Waals surface area contributed by atoms with Gasteiger partial charge < -0.3 is 10.2 Å². The fourth-order valence-corrected chi connectivity index (χ4v) is 3.31. The number of carbonyl (C=O) groups is 1. The zero-order chi connectivity index (χ0) is 17.8. The Morgan fingerprint density at radius 2 is 2.04 bits per heavy atom. The molecule has 2 heterocycles. The Hall–Kier alpha value is -2.18. The van der Waals surface area contributed by atoms with Gasteiger partial charge in [-0.2, -0.15) is 5.10 Å². The van der Waals surface area contributed by atoms with E-state index in [-0.39, 0.29) is 11.9 Å². The number of benzene rings is 1. The van der Waals surface area contributed by atoms with Gasteiger partial charge in [-0.1, -0.05) is 30.3 Å². The molecule has 0 aliphatic carbocycles. The van der Waals surface area contributed by atoms with Gasteiger partial charge in [-0.25, -0.2) is 0 Å². The molecule has 0 radical (unpaired) electrons. The van der Waals surface area contributed by atoms with Gasteiger partial charge in [0.25, 0.3) is 0 Å². The second kappa shape index (κ2) is 7.80. The van der Waals surface area contributed by atoms with E-state index in [0.29, 0.717) is 6.54 Å². The number of amides is 1. The zero-order valence-corrected chi connectivity index (χ0v) is 15.3. The average molecular weight is 341 g/mol. The average Bonchev–Trinajstić information content (AvgIpc) is 2.97. The van der Waals surface area contributed by atoms with E-state index in [9.17, 15) is 4.79 Å². The van der Waals surface area contributed by atoms with Gasteiger partial charge in [-0.15, -0.1) is 0 Å². The van der Waals surface area contributed by atoms with Crippen molar-refractivity contribution in [3.8, 4) is 0 Å². The molecule has 0 bridgehead atoms. The maximum absolute atomic E-state index is 12.6. The third-order valence-corrected chi connectivity index (χ3v) is 4.77. The lowest BCUT2D eigenvalue weighted by Crippen LogP contribution is -2.49. The third-order valence-electron chi connectivity index (χ3n) is 4.77. The van der Waals surface area contributed by atoms with Crippen LogP contribution in [0.15, 0.2) is 36.5 Å². The highest BCUT2D eigenvalue weighted by molar-refractivity contribution is 5.92. The van der Waals surface area contributed by atoms with E-state index >= 15 is 0 Å². The molecule has 1 aliphatic heterocycles. The Balaban J connectivity index is 1.68. The SMILES string of the molecule is CCn1cc(NC(=O)CN2CCN(C)C[C@H]2c2ccccc2)c(C)n1. The van der Waals surface area contributed by atoms with E-state index in [1.165, 1.54) is 5.56 Å². The molecule has 6 nitrogen and oxygen atoms in total. The van der Waals surface area contributed by atoms with E-state index in [1.807, 2.05) is 30.8 Å². The molecule has 0 spiro atoms. The van der Waals surface area contributed by atoms with Gasteiger partial charge in [0, 0.05) is 38.4 Å². The molecule has 1 aromatic carbocycles. The van der Waals surface area contributed by atoms with Crippen molar-refractivity contribution in [1.82, 2.24) is 19.6 Å². The molecule has 1 atom stereocenters. The fourth-order valence-electron chi connectivity index (χ4n) is 3.31. The maximum atomic E-state index is 12.6. The summed E-state index contributed by atoms with van der Waals surface area (Å²) in [5.74, 6) is 0.0178. The van der Waals surface area contributed by atoms with Gasteiger partial charge in [-0.05, 0) is 26.5 Å². The number of aromatic nitrogens is 2. The van der Waals surface area contributed by atoms with Crippen LogP contribution in [0.25, 0.3) is 0 Å². The van der Waals surface area contributed by atoms with Crippen molar-refractivity contribution < 1.29 is 4.79 Å². The van der Waals surface area contributed by atoms with Crippen molar-refractivity contribution in [1.29, 1.82) is 0 Å². The van der Waals surface area contributed by atoms with Gasteiger partial charge in [-0.3, -0.25) is 14.4 Å². The van der Waals surface area contributed by atoms with Crippen LogP contribution in [0.2, 0.25) is 0 Å². The third kappa shape index (κ3) is 4.27. The van der Waals surface area contributed by atoms with Gasteiger partial charge in [0.15, 0.2) is 0 Å². The van der Waals surface area contributed by atoms with Crippen LogP contribution in [0.3, 0.4) is 0 Å². The summed E-state index contributed by atoms with van der Waals surface area (Å²) in [5, 5.41) is 7.40. The molecule has 25 heavy (non-hydrogen) atoms. The van der Waals surface area contributed by atoms with Crippen LogP contribution in [-0.2, 0) is 11.3 Å². The summed E-state index contributed by atoms with van der Waals surface area (Å²) in [4.78, 5) is 17.2. The van der Waals surface area contributed by atoms with E-state index in [0.717, 1.165) is 37.6 Å². The second-order valence-electron chi connectivity index (χ2n) is 6.69. The van der Waals surface area contributed by atoms with Gasteiger partial charge in [0.2, 0.25) is 5.91 Å². The first-order valence-electron chi connectivity index (χ1n) is 8.88. The van der Waals surface area contributed by atoms with Crippen LogP contribution in [0, 0.1) is 6.92 Å². The molecule has 1 amide bonds. The molecular weight excluding hydrogens is 314 g/mol. The number of aryl methyl sites for hydroxylation is 2. The van der Waals surface area contributed by atoms with Crippen molar-refractivity contribution in [2.24, 2.45) is 0 Å². The molecule has 134 valence electrons. The summed E-state index contributed by atoms with van der Waals surface area (Å²) >= 11 is 0. The van der Waals surface area contributed by atoms with Crippen LogP contribution in [0.4, 0.5) is 5.69 Å². The predicted octanol–water partition coefficient (Wildman–Crippen LogP) is 2.14. The highest BCUT2D eigenvalue weighted by Gasteiger charge is 2.28. The highest BCUT2D eigenvalue weighted by atomic mass is 16.2. The number of hydrogen-bond donors (Lipinski definition) is 1. The Labute approximate surface area is 149 Å². The molecule has 1 fully saturated rings. The van der Waals surface area contributed by atoms with E-state index in [2.05, 4.69) is 51.5 Å². The minimum Gasteiger partial charge on any atom is -0.322 e. The maximum Gasteiger partial charge on any atom is 0.238 e. The first-order chi connectivity index (χ1) is 12.1. The van der Waals surface area contributed by atoms with Crippen LogP contribution in [0.5, 0.6) is 0 Å². The Morgan fingerprint density at radius 3 is 2.72 bits per heavy atom. The van der Waals surface area contributed by atoms with Crippen molar-refractivity contribution in [2.75, 3.05) is 38.5 Å². The summed E-state index contributed by atoms with van der Waals surface area (Å²) in [7, 11) is 2.13. The van der Waals surface area contributed by atoms with E-state index in [1.54, 1.807) is 0 Å². The lowest BCUT2D eigenvalue weighted by atomic mass is 10.0. The number of anilines is 1. The number of carbonyl (C=O) groups excluding carboxylic acids is 1. The molecule has 1 aliphatic rings. The summed E-state index contributed by atoms with van der Waals surface area (Å²) < 4.78 is 1.84. The zero-order valence-electron chi connectivity index (χ0n) is 15.3. The molecule has 1 aromatic heterocycles. The van der Waals surface area contributed by atoms with E-state index < -0.39 is 0 Å². The fraction of sp³-hybridized carbons (Fsp3) is 0.474. The van der Waals surface area contributed by atoms with Gasteiger partial charge in [0.1, 0.15) is 0 Å². The number of likely N-dealkylation sites (N-methyl/N-ethyl adjacent to an activating group) is 1. The minimum atomic E-state index is 0.0178. The Morgan fingerprint density at radius 1 is 1.28 bits per heavy atom. The Kier molecular flexibility index (Phi) is 5.50. The highest BCUT2D eigenvalue weighted by Crippen LogP contribution is 2.24. The predicted molar refractivity (Wildman–Crippen MR) is 99.5 cm³/mol. The van der Waals surface area contributed by atoms with Gasteiger partial charge >= 0.3 is 0 Å². The molecule has 0 saturated carbocycles. The largest absolute Gasteiger partial charge is 0.322 e. The summed E-state index contributed by atoms with van der Waals surface area (Å²) in [5.41, 5.74) is 2.92. The first kappa shape index (κ1) is 17.6. The van der Waals surface area contributed by atoms with Crippen LogP contribution in [-0.4, -0.2) is 58.7 Å². The normalized spacial score (nSPS) is 19.1.